The zero-order valence-corrected chi connectivity index (χ0v) is 11.0. The van der Waals surface area contributed by atoms with Gasteiger partial charge in [0, 0.05) is 24.8 Å². The number of nitrogens with one attached hydrogen (secondary N) is 1. The maximum absolute atomic E-state index is 12.7. The Labute approximate surface area is 110 Å². The first-order valence-electron chi connectivity index (χ1n) is 6.08. The van der Waals surface area contributed by atoms with Crippen LogP contribution in [0.15, 0.2) is 24.3 Å². The number of halogens is 4. The lowest BCUT2D eigenvalue weighted by Crippen LogP contribution is -2.41. The van der Waals surface area contributed by atoms with Gasteiger partial charge in [0.2, 0.25) is 0 Å². The van der Waals surface area contributed by atoms with E-state index in [4.69, 9.17) is 0 Å². The van der Waals surface area contributed by atoms with Gasteiger partial charge in [0.05, 0.1) is 6.54 Å². The third kappa shape index (κ3) is 6.42. The topological polar surface area (TPSA) is 15.3 Å². The summed E-state index contributed by atoms with van der Waals surface area (Å²) < 4.78 is 49.7. The quantitative estimate of drug-likeness (QED) is 0.801. The Balaban J connectivity index is 2.42. The molecule has 0 atom stereocenters. The van der Waals surface area contributed by atoms with E-state index in [1.165, 1.54) is 17.0 Å². The average Bonchev–Trinajstić information content (AvgIpc) is 2.28. The molecule has 108 valence electrons. The Bertz CT molecular complexity index is 373. The number of nitrogens with zero attached hydrogens (tertiary/aromatic N) is 1. The summed E-state index contributed by atoms with van der Waals surface area (Å²) in [5.74, 6) is -0.341. The minimum Gasteiger partial charge on any atom is -0.384 e. The molecule has 1 aromatic rings. The van der Waals surface area contributed by atoms with Crippen molar-refractivity contribution in [2.24, 2.45) is 0 Å². The minimum absolute atomic E-state index is 0.184. The van der Waals surface area contributed by atoms with E-state index in [9.17, 15) is 17.6 Å². The highest BCUT2D eigenvalue weighted by Crippen LogP contribution is 2.17. The first kappa shape index (κ1) is 15.8. The van der Waals surface area contributed by atoms with Gasteiger partial charge >= 0.3 is 6.18 Å². The summed E-state index contributed by atoms with van der Waals surface area (Å²) >= 11 is 0. The Hall–Kier alpha value is -1.30. The van der Waals surface area contributed by atoms with Gasteiger partial charge in [0.15, 0.2) is 0 Å². The van der Waals surface area contributed by atoms with Gasteiger partial charge in [0.1, 0.15) is 5.82 Å². The lowest BCUT2D eigenvalue weighted by atomic mass is 10.3. The summed E-state index contributed by atoms with van der Waals surface area (Å²) in [4.78, 5) is 1.34. The van der Waals surface area contributed by atoms with Crippen LogP contribution in [0.4, 0.5) is 23.2 Å². The maximum Gasteiger partial charge on any atom is 0.401 e. The molecule has 1 rings (SSSR count). The highest BCUT2D eigenvalue weighted by atomic mass is 19.4. The first-order valence-corrected chi connectivity index (χ1v) is 6.08. The second-order valence-corrected chi connectivity index (χ2v) is 4.61. The number of rotatable bonds is 6. The van der Waals surface area contributed by atoms with Crippen LogP contribution in [0.2, 0.25) is 0 Å². The van der Waals surface area contributed by atoms with E-state index >= 15 is 0 Å². The summed E-state index contributed by atoms with van der Waals surface area (Å²) in [5.41, 5.74) is 0.692. The number of hydrogen-bond donors (Lipinski definition) is 1. The van der Waals surface area contributed by atoms with Crippen molar-refractivity contribution in [3.8, 4) is 0 Å². The third-order valence-electron chi connectivity index (χ3n) is 2.69. The van der Waals surface area contributed by atoms with Crippen LogP contribution in [0, 0.1) is 5.82 Å². The van der Waals surface area contributed by atoms with Crippen LogP contribution in [0.3, 0.4) is 0 Å². The Morgan fingerprint density at radius 2 is 1.74 bits per heavy atom. The fraction of sp³-hybridized carbons (Fsp3) is 0.538. The second kappa shape index (κ2) is 6.75. The minimum atomic E-state index is -4.19. The molecule has 0 aliphatic carbocycles. The molecule has 0 aromatic heterocycles. The largest absolute Gasteiger partial charge is 0.401 e. The van der Waals surface area contributed by atoms with Crippen molar-refractivity contribution in [1.29, 1.82) is 0 Å². The van der Waals surface area contributed by atoms with E-state index in [0.717, 1.165) is 0 Å². The molecule has 0 saturated carbocycles. The van der Waals surface area contributed by atoms with Crippen LogP contribution in [-0.2, 0) is 0 Å². The molecule has 0 fully saturated rings. The van der Waals surface area contributed by atoms with Crippen LogP contribution < -0.4 is 5.32 Å². The van der Waals surface area contributed by atoms with Gasteiger partial charge in [-0.15, -0.1) is 0 Å². The average molecular weight is 278 g/mol. The molecule has 0 unspecified atom stereocenters. The molecule has 0 saturated heterocycles. The molecular formula is C13H18F4N2. The first-order chi connectivity index (χ1) is 8.78. The number of alkyl halides is 3. The van der Waals surface area contributed by atoms with E-state index in [-0.39, 0.29) is 18.4 Å². The van der Waals surface area contributed by atoms with Gasteiger partial charge in [-0.2, -0.15) is 13.2 Å². The number of benzene rings is 1. The van der Waals surface area contributed by atoms with Gasteiger partial charge in [0.25, 0.3) is 0 Å². The second-order valence-electron chi connectivity index (χ2n) is 4.61. The van der Waals surface area contributed by atoms with E-state index in [2.05, 4.69) is 5.32 Å². The predicted octanol–water partition coefficient (Wildman–Crippen LogP) is 3.51. The molecule has 0 aliphatic rings. The van der Waals surface area contributed by atoms with Gasteiger partial charge in [-0.05, 0) is 38.1 Å². The summed E-state index contributed by atoms with van der Waals surface area (Å²) in [6.07, 6.45) is -4.19. The smallest absolute Gasteiger partial charge is 0.384 e. The molecule has 0 bridgehead atoms. The van der Waals surface area contributed by atoms with Crippen LogP contribution >= 0.6 is 0 Å². The van der Waals surface area contributed by atoms with E-state index in [1.54, 1.807) is 26.0 Å². The van der Waals surface area contributed by atoms with Gasteiger partial charge in [-0.25, -0.2) is 4.39 Å². The third-order valence-corrected chi connectivity index (χ3v) is 2.69. The van der Waals surface area contributed by atoms with Crippen molar-refractivity contribution in [3.63, 3.8) is 0 Å². The summed E-state index contributed by atoms with van der Waals surface area (Å²) in [6, 6.07) is 5.53. The highest BCUT2D eigenvalue weighted by molar-refractivity contribution is 5.42. The number of anilines is 1. The molecule has 2 nitrogen and oxygen atoms in total. The van der Waals surface area contributed by atoms with Crippen LogP contribution in [-0.4, -0.2) is 36.8 Å². The van der Waals surface area contributed by atoms with Crippen molar-refractivity contribution >= 4 is 5.69 Å². The van der Waals surface area contributed by atoms with Crippen molar-refractivity contribution < 1.29 is 17.6 Å². The van der Waals surface area contributed by atoms with Gasteiger partial charge < -0.3 is 5.32 Å². The Morgan fingerprint density at radius 1 is 1.16 bits per heavy atom. The molecule has 1 N–H and O–H groups in total. The predicted molar refractivity (Wildman–Crippen MR) is 67.7 cm³/mol. The molecule has 0 spiro atoms. The molecular weight excluding hydrogens is 260 g/mol. The Morgan fingerprint density at radius 3 is 2.21 bits per heavy atom. The SMILES string of the molecule is CC(C)N(CCNc1ccc(F)cc1)CC(F)(F)F. The highest BCUT2D eigenvalue weighted by Gasteiger charge is 2.31. The summed E-state index contributed by atoms with van der Waals surface area (Å²) in [5, 5.41) is 2.97. The van der Waals surface area contributed by atoms with Crippen molar-refractivity contribution in [2.75, 3.05) is 25.0 Å². The molecule has 1 aromatic carbocycles. The number of hydrogen-bond acceptors (Lipinski definition) is 2. The van der Waals surface area contributed by atoms with E-state index in [1.807, 2.05) is 0 Å². The van der Waals surface area contributed by atoms with Crippen molar-refractivity contribution in [3.05, 3.63) is 30.1 Å². The lowest BCUT2D eigenvalue weighted by Gasteiger charge is -2.27. The monoisotopic (exact) mass is 278 g/mol. The molecule has 0 aliphatic heterocycles. The zero-order chi connectivity index (χ0) is 14.5. The molecule has 19 heavy (non-hydrogen) atoms. The molecule has 0 heterocycles. The summed E-state index contributed by atoms with van der Waals surface area (Å²) in [7, 11) is 0. The van der Waals surface area contributed by atoms with Crippen LogP contribution in [0.1, 0.15) is 13.8 Å². The Kier molecular flexibility index (Phi) is 5.60. The van der Waals surface area contributed by atoms with Gasteiger partial charge in [-0.1, -0.05) is 0 Å². The standard InChI is InChI=1S/C13H18F4N2/c1-10(2)19(9-13(15,16)17)8-7-18-12-5-3-11(14)4-6-12/h3-6,10,18H,7-9H2,1-2H3. The zero-order valence-electron chi connectivity index (χ0n) is 11.0. The van der Waals surface area contributed by atoms with E-state index < -0.39 is 12.7 Å². The lowest BCUT2D eigenvalue weighted by molar-refractivity contribution is -0.149. The van der Waals surface area contributed by atoms with E-state index in [0.29, 0.717) is 12.2 Å². The fourth-order valence-electron chi connectivity index (χ4n) is 1.66. The molecule has 6 heteroatoms. The fourth-order valence-corrected chi connectivity index (χ4v) is 1.66. The van der Waals surface area contributed by atoms with Crippen molar-refractivity contribution in [1.82, 2.24) is 4.90 Å². The van der Waals surface area contributed by atoms with Crippen LogP contribution in [0.5, 0.6) is 0 Å². The van der Waals surface area contributed by atoms with Gasteiger partial charge in [-0.3, -0.25) is 4.90 Å². The normalized spacial score (nSPS) is 12.2. The maximum atomic E-state index is 12.7. The van der Waals surface area contributed by atoms with Crippen LogP contribution in [0.25, 0.3) is 0 Å². The summed E-state index contributed by atoms with van der Waals surface area (Å²) in [6.45, 7) is 3.18. The van der Waals surface area contributed by atoms with Crippen molar-refractivity contribution in [2.45, 2.75) is 26.1 Å². The molecule has 0 amide bonds. The molecule has 0 radical (unpaired) electrons.